The molecule has 0 aliphatic carbocycles. The number of rotatable bonds is 9. The van der Waals surface area contributed by atoms with Crippen LogP contribution in [0.25, 0.3) is 0 Å². The Bertz CT molecular complexity index is 941. The van der Waals surface area contributed by atoms with Crippen molar-refractivity contribution >= 4 is 23.6 Å². The first-order valence-corrected chi connectivity index (χ1v) is 11.3. The van der Waals surface area contributed by atoms with Crippen LogP contribution in [-0.4, -0.2) is 52.6 Å². The second-order valence-electron chi connectivity index (χ2n) is 8.41. The standard InChI is InChI=1S/C24H31N3O3S/c1-15-10-18(23(25)30)11-16(2)19(15)12-21-24(31-21,27(3)4)14-26-22(29)13-20(28)17-8-6-5-7-9-17/h5-11,20-21,28H,12-14H2,1-4H3,(H2,25,30)(H,26,29)/t20-,21?,24+/m0/s1. The maximum atomic E-state index is 12.5. The van der Waals surface area contributed by atoms with E-state index >= 15 is 0 Å². The van der Waals surface area contributed by atoms with E-state index in [0.29, 0.717) is 17.4 Å². The van der Waals surface area contributed by atoms with Gasteiger partial charge in [-0.25, -0.2) is 0 Å². The number of thioether (sulfide) groups is 1. The van der Waals surface area contributed by atoms with Crippen LogP contribution >= 0.6 is 11.8 Å². The quantitative estimate of drug-likeness (QED) is 0.520. The molecule has 0 bridgehead atoms. The summed E-state index contributed by atoms with van der Waals surface area (Å²) in [4.78, 5) is 25.9. The minimum absolute atomic E-state index is 0.0374. The Hall–Kier alpha value is -2.35. The van der Waals surface area contributed by atoms with Gasteiger partial charge in [-0.2, -0.15) is 0 Å². The fraction of sp³-hybridized carbons (Fsp3) is 0.417. The zero-order valence-electron chi connectivity index (χ0n) is 18.5. The van der Waals surface area contributed by atoms with Crippen molar-refractivity contribution in [1.82, 2.24) is 10.2 Å². The van der Waals surface area contributed by atoms with E-state index in [0.717, 1.165) is 23.1 Å². The van der Waals surface area contributed by atoms with Gasteiger partial charge in [-0.3, -0.25) is 14.5 Å². The Labute approximate surface area is 188 Å². The highest BCUT2D eigenvalue weighted by Gasteiger charge is 2.57. The number of carbonyl (C=O) groups excluding carboxylic acids is 2. The number of amides is 2. The number of aryl methyl sites for hydroxylation is 2. The highest BCUT2D eigenvalue weighted by Crippen LogP contribution is 2.56. The minimum Gasteiger partial charge on any atom is -0.388 e. The fourth-order valence-corrected chi connectivity index (χ4v) is 5.45. The molecule has 0 spiro atoms. The molecule has 0 saturated carbocycles. The summed E-state index contributed by atoms with van der Waals surface area (Å²) in [5, 5.41) is 13.6. The molecule has 2 aromatic carbocycles. The third-order valence-corrected chi connectivity index (χ3v) is 7.81. The van der Waals surface area contributed by atoms with Crippen molar-refractivity contribution in [3.05, 3.63) is 70.3 Å². The number of primary amides is 1. The lowest BCUT2D eigenvalue weighted by Gasteiger charge is -2.25. The van der Waals surface area contributed by atoms with Gasteiger partial charge in [0, 0.05) is 17.4 Å². The highest BCUT2D eigenvalue weighted by molar-refractivity contribution is 8.08. The molecule has 1 saturated heterocycles. The maximum Gasteiger partial charge on any atom is 0.248 e. The first-order chi connectivity index (χ1) is 14.6. The number of nitrogens with two attached hydrogens (primary N) is 1. The van der Waals surface area contributed by atoms with Gasteiger partial charge in [0.2, 0.25) is 11.8 Å². The molecule has 1 heterocycles. The van der Waals surface area contributed by atoms with Crippen LogP contribution < -0.4 is 11.1 Å². The first-order valence-electron chi connectivity index (χ1n) is 10.4. The van der Waals surface area contributed by atoms with Crippen LogP contribution in [0.2, 0.25) is 0 Å². The summed E-state index contributed by atoms with van der Waals surface area (Å²) in [6.45, 7) is 4.52. The van der Waals surface area contributed by atoms with Crippen molar-refractivity contribution in [2.45, 2.75) is 42.9 Å². The van der Waals surface area contributed by atoms with Crippen molar-refractivity contribution in [2.75, 3.05) is 20.6 Å². The summed E-state index contributed by atoms with van der Waals surface area (Å²) < 4.78 is 0. The molecular formula is C24H31N3O3S. The number of aliphatic hydroxyl groups is 1. The molecule has 1 aliphatic heterocycles. The van der Waals surface area contributed by atoms with Crippen molar-refractivity contribution < 1.29 is 14.7 Å². The van der Waals surface area contributed by atoms with Crippen molar-refractivity contribution in [3.8, 4) is 0 Å². The molecule has 3 rings (SSSR count). The Balaban J connectivity index is 1.62. The number of benzene rings is 2. The monoisotopic (exact) mass is 441 g/mol. The van der Waals surface area contributed by atoms with Gasteiger partial charge in [0.25, 0.3) is 0 Å². The summed E-state index contributed by atoms with van der Waals surface area (Å²) >= 11 is 1.83. The van der Waals surface area contributed by atoms with E-state index in [1.54, 1.807) is 0 Å². The fourth-order valence-electron chi connectivity index (χ4n) is 4.03. The van der Waals surface area contributed by atoms with Crippen LogP contribution in [0.15, 0.2) is 42.5 Å². The summed E-state index contributed by atoms with van der Waals surface area (Å²) in [6, 6.07) is 12.9. The smallest absolute Gasteiger partial charge is 0.248 e. The lowest BCUT2D eigenvalue weighted by Crippen LogP contribution is -2.45. The molecule has 0 aromatic heterocycles. The van der Waals surface area contributed by atoms with Crippen LogP contribution in [0.5, 0.6) is 0 Å². The van der Waals surface area contributed by atoms with E-state index in [1.165, 1.54) is 5.56 Å². The van der Waals surface area contributed by atoms with Crippen LogP contribution in [0.4, 0.5) is 0 Å². The summed E-state index contributed by atoms with van der Waals surface area (Å²) in [5.41, 5.74) is 10.0. The van der Waals surface area contributed by atoms with Gasteiger partial charge in [-0.1, -0.05) is 30.3 Å². The maximum absolute atomic E-state index is 12.5. The zero-order valence-corrected chi connectivity index (χ0v) is 19.3. The zero-order chi connectivity index (χ0) is 22.8. The minimum atomic E-state index is -0.812. The number of carbonyl (C=O) groups is 2. The van der Waals surface area contributed by atoms with E-state index in [2.05, 4.69) is 10.2 Å². The van der Waals surface area contributed by atoms with E-state index in [-0.39, 0.29) is 17.2 Å². The van der Waals surface area contributed by atoms with Crippen LogP contribution in [0.1, 0.15) is 45.1 Å². The van der Waals surface area contributed by atoms with Crippen LogP contribution in [-0.2, 0) is 11.2 Å². The average Bonchev–Trinajstić information content (AvgIpc) is 3.44. The van der Waals surface area contributed by atoms with E-state index in [4.69, 9.17) is 5.73 Å². The summed E-state index contributed by atoms with van der Waals surface area (Å²) in [6.07, 6.45) is 0.0748. The third kappa shape index (κ3) is 5.29. The van der Waals surface area contributed by atoms with Crippen LogP contribution in [0, 0.1) is 13.8 Å². The molecule has 6 nitrogen and oxygen atoms in total. The molecule has 166 valence electrons. The lowest BCUT2D eigenvalue weighted by molar-refractivity contribution is -0.123. The molecule has 3 atom stereocenters. The number of likely N-dealkylation sites (N-methyl/N-ethyl adjacent to an activating group) is 1. The number of hydrogen-bond donors (Lipinski definition) is 3. The molecule has 1 aliphatic rings. The van der Waals surface area contributed by atoms with Gasteiger partial charge in [-0.15, -0.1) is 11.8 Å². The first kappa shape index (κ1) is 23.3. The van der Waals surface area contributed by atoms with Gasteiger partial charge < -0.3 is 16.2 Å². The van der Waals surface area contributed by atoms with Crippen LogP contribution in [0.3, 0.4) is 0 Å². The molecule has 31 heavy (non-hydrogen) atoms. The Morgan fingerprint density at radius 3 is 2.35 bits per heavy atom. The highest BCUT2D eigenvalue weighted by atomic mass is 32.2. The molecule has 2 amide bonds. The van der Waals surface area contributed by atoms with E-state index in [1.807, 2.05) is 82.2 Å². The largest absolute Gasteiger partial charge is 0.388 e. The van der Waals surface area contributed by atoms with E-state index < -0.39 is 12.0 Å². The van der Waals surface area contributed by atoms with Gasteiger partial charge >= 0.3 is 0 Å². The van der Waals surface area contributed by atoms with Crippen molar-refractivity contribution in [1.29, 1.82) is 0 Å². The number of nitrogens with zero attached hydrogens (tertiary/aromatic N) is 1. The van der Waals surface area contributed by atoms with Crippen molar-refractivity contribution in [2.24, 2.45) is 5.73 Å². The molecule has 1 unspecified atom stereocenters. The number of nitrogens with one attached hydrogen (secondary N) is 1. The summed E-state index contributed by atoms with van der Waals surface area (Å²) in [7, 11) is 4.04. The SMILES string of the molecule is Cc1cc(C(N)=O)cc(C)c1CC1S[C@@]1(CNC(=O)C[C@H](O)c1ccccc1)N(C)C. The Morgan fingerprint density at radius 1 is 1.19 bits per heavy atom. The lowest BCUT2D eigenvalue weighted by atomic mass is 9.94. The number of hydrogen-bond acceptors (Lipinski definition) is 5. The van der Waals surface area contributed by atoms with E-state index in [9.17, 15) is 14.7 Å². The second kappa shape index (κ2) is 9.42. The average molecular weight is 442 g/mol. The molecule has 1 fully saturated rings. The molecular weight excluding hydrogens is 410 g/mol. The molecule has 4 N–H and O–H groups in total. The summed E-state index contributed by atoms with van der Waals surface area (Å²) in [5.74, 6) is -0.580. The van der Waals surface area contributed by atoms with Crippen molar-refractivity contribution in [3.63, 3.8) is 0 Å². The third-order valence-electron chi connectivity index (χ3n) is 6.02. The van der Waals surface area contributed by atoms with Gasteiger partial charge in [0.05, 0.1) is 17.4 Å². The Kier molecular flexibility index (Phi) is 7.09. The number of aliphatic hydroxyl groups excluding tert-OH is 1. The topological polar surface area (TPSA) is 95.7 Å². The molecule has 0 radical (unpaired) electrons. The second-order valence-corrected chi connectivity index (χ2v) is 9.92. The Morgan fingerprint density at radius 2 is 1.81 bits per heavy atom. The predicted molar refractivity (Wildman–Crippen MR) is 125 cm³/mol. The predicted octanol–water partition coefficient (Wildman–Crippen LogP) is 2.56. The normalized spacial score (nSPS) is 21.0. The van der Waals surface area contributed by atoms with Gasteiger partial charge in [-0.05, 0) is 68.8 Å². The molecule has 7 heteroatoms. The van der Waals surface area contributed by atoms with Gasteiger partial charge in [0.15, 0.2) is 0 Å². The molecule has 2 aromatic rings. The van der Waals surface area contributed by atoms with Gasteiger partial charge in [0.1, 0.15) is 0 Å².